The van der Waals surface area contributed by atoms with Crippen molar-refractivity contribution in [1.29, 1.82) is 0 Å². The SMILES string of the molecule is Cc1ccc(S(=O)(=O)N(CC(=O)N(Cc2ccc(Cl)c(Cl)c2)C(Cc2ccccc2)C(=O)NC2CCCCC2)c2cc(Cl)ccc2C)cc1. The first-order valence-corrected chi connectivity index (χ1v) is 18.9. The number of nitrogens with one attached hydrogen (secondary N) is 1. The summed E-state index contributed by atoms with van der Waals surface area (Å²) in [6.07, 6.45) is 5.10. The van der Waals surface area contributed by atoms with Crippen molar-refractivity contribution >= 4 is 62.3 Å². The van der Waals surface area contributed by atoms with Gasteiger partial charge in [-0.05, 0) is 79.8 Å². The van der Waals surface area contributed by atoms with Gasteiger partial charge in [-0.1, -0.05) is 114 Å². The molecular weight excluding hydrogens is 701 g/mol. The van der Waals surface area contributed by atoms with E-state index in [4.69, 9.17) is 34.8 Å². The van der Waals surface area contributed by atoms with E-state index in [1.54, 1.807) is 49.4 Å². The molecular formula is C38H40Cl3N3O4S. The molecule has 49 heavy (non-hydrogen) atoms. The Bertz CT molecular complexity index is 1880. The van der Waals surface area contributed by atoms with Crippen LogP contribution < -0.4 is 9.62 Å². The van der Waals surface area contributed by atoms with E-state index >= 15 is 0 Å². The van der Waals surface area contributed by atoms with E-state index in [0.29, 0.717) is 26.2 Å². The second-order valence-corrected chi connectivity index (χ2v) is 15.7. The van der Waals surface area contributed by atoms with Gasteiger partial charge in [-0.3, -0.25) is 13.9 Å². The fourth-order valence-electron chi connectivity index (χ4n) is 6.13. The third-order valence-corrected chi connectivity index (χ3v) is 11.6. The molecule has 0 heterocycles. The minimum atomic E-state index is -4.26. The first-order valence-electron chi connectivity index (χ1n) is 16.4. The third kappa shape index (κ3) is 9.37. The fourth-order valence-corrected chi connectivity index (χ4v) is 8.09. The number of sulfonamides is 1. The van der Waals surface area contributed by atoms with E-state index in [9.17, 15) is 18.0 Å². The highest BCUT2D eigenvalue weighted by molar-refractivity contribution is 7.92. The summed E-state index contributed by atoms with van der Waals surface area (Å²) in [6, 6.07) is 24.9. The summed E-state index contributed by atoms with van der Waals surface area (Å²) < 4.78 is 29.8. The average molecular weight is 741 g/mol. The highest BCUT2D eigenvalue weighted by Crippen LogP contribution is 2.31. The summed E-state index contributed by atoms with van der Waals surface area (Å²) >= 11 is 19.0. The number of hydrogen-bond donors (Lipinski definition) is 1. The van der Waals surface area contributed by atoms with Crippen LogP contribution in [0, 0.1) is 13.8 Å². The van der Waals surface area contributed by atoms with Crippen LogP contribution in [0.1, 0.15) is 54.4 Å². The summed E-state index contributed by atoms with van der Waals surface area (Å²) in [5.74, 6) is -0.864. The highest BCUT2D eigenvalue weighted by Gasteiger charge is 2.36. The number of hydrogen-bond acceptors (Lipinski definition) is 4. The molecule has 1 N–H and O–H groups in total. The molecule has 11 heteroatoms. The molecule has 0 radical (unpaired) electrons. The van der Waals surface area contributed by atoms with Gasteiger partial charge in [0, 0.05) is 24.0 Å². The Kier molecular flexibility index (Phi) is 12.3. The zero-order valence-electron chi connectivity index (χ0n) is 27.5. The summed E-state index contributed by atoms with van der Waals surface area (Å²) in [7, 11) is -4.26. The van der Waals surface area contributed by atoms with Crippen LogP contribution in [0.5, 0.6) is 0 Å². The molecule has 1 aliphatic rings. The Labute approximate surface area is 304 Å². The molecule has 258 valence electrons. The molecule has 0 spiro atoms. The monoisotopic (exact) mass is 739 g/mol. The second-order valence-electron chi connectivity index (χ2n) is 12.6. The van der Waals surface area contributed by atoms with Crippen LogP contribution >= 0.6 is 34.8 Å². The lowest BCUT2D eigenvalue weighted by atomic mass is 9.94. The minimum absolute atomic E-state index is 0.00558. The molecule has 0 aromatic heterocycles. The molecule has 0 aliphatic heterocycles. The van der Waals surface area contributed by atoms with Crippen molar-refractivity contribution in [2.75, 3.05) is 10.8 Å². The van der Waals surface area contributed by atoms with Gasteiger partial charge >= 0.3 is 0 Å². The van der Waals surface area contributed by atoms with Gasteiger partial charge in [-0.2, -0.15) is 0 Å². The lowest BCUT2D eigenvalue weighted by Gasteiger charge is -2.35. The van der Waals surface area contributed by atoms with Crippen molar-refractivity contribution in [2.24, 2.45) is 0 Å². The number of nitrogens with zero attached hydrogens (tertiary/aromatic N) is 2. The van der Waals surface area contributed by atoms with E-state index in [0.717, 1.165) is 47.5 Å². The summed E-state index contributed by atoms with van der Waals surface area (Å²) in [5.41, 5.74) is 3.26. The van der Waals surface area contributed by atoms with Crippen LogP contribution in [0.15, 0.2) is 95.9 Å². The van der Waals surface area contributed by atoms with Crippen LogP contribution in [0.3, 0.4) is 0 Å². The molecule has 1 atom stereocenters. The summed E-state index contributed by atoms with van der Waals surface area (Å²) in [5, 5.41) is 4.19. The Hall–Kier alpha value is -3.56. The smallest absolute Gasteiger partial charge is 0.264 e. The average Bonchev–Trinajstić information content (AvgIpc) is 3.09. The predicted octanol–water partition coefficient (Wildman–Crippen LogP) is 8.55. The Morgan fingerprint density at radius 3 is 2.18 bits per heavy atom. The number of anilines is 1. The largest absolute Gasteiger partial charge is 0.352 e. The van der Waals surface area contributed by atoms with Crippen molar-refractivity contribution in [2.45, 2.75) is 75.9 Å². The normalized spacial score (nSPS) is 14.2. The second kappa shape index (κ2) is 16.4. The number of rotatable bonds is 12. The lowest BCUT2D eigenvalue weighted by Crippen LogP contribution is -2.55. The van der Waals surface area contributed by atoms with Crippen LogP contribution in [-0.4, -0.2) is 43.8 Å². The molecule has 2 amide bonds. The molecule has 1 saturated carbocycles. The van der Waals surface area contributed by atoms with Crippen LogP contribution in [0.4, 0.5) is 5.69 Å². The molecule has 1 aliphatic carbocycles. The third-order valence-electron chi connectivity index (χ3n) is 8.89. The summed E-state index contributed by atoms with van der Waals surface area (Å²) in [4.78, 5) is 30.5. The molecule has 7 nitrogen and oxygen atoms in total. The molecule has 5 rings (SSSR count). The van der Waals surface area contributed by atoms with Crippen LogP contribution in [0.2, 0.25) is 15.1 Å². The van der Waals surface area contributed by atoms with Gasteiger partial charge in [0.25, 0.3) is 10.0 Å². The summed E-state index contributed by atoms with van der Waals surface area (Å²) in [6.45, 7) is 3.03. The minimum Gasteiger partial charge on any atom is -0.352 e. The number of aryl methyl sites for hydroxylation is 2. The van der Waals surface area contributed by atoms with Gasteiger partial charge in [0.15, 0.2) is 0 Å². The maximum Gasteiger partial charge on any atom is 0.264 e. The molecule has 4 aromatic rings. The van der Waals surface area contributed by atoms with Gasteiger partial charge in [-0.25, -0.2) is 8.42 Å². The van der Waals surface area contributed by atoms with Crippen molar-refractivity contribution < 1.29 is 18.0 Å². The van der Waals surface area contributed by atoms with E-state index < -0.39 is 28.5 Å². The van der Waals surface area contributed by atoms with Crippen molar-refractivity contribution in [1.82, 2.24) is 10.2 Å². The maximum atomic E-state index is 14.8. The Balaban J connectivity index is 1.60. The van der Waals surface area contributed by atoms with Gasteiger partial charge < -0.3 is 10.2 Å². The standard InChI is InChI=1S/C38H40Cl3N3O4S/c1-26-13-18-32(19-14-26)49(47,48)44(35-23-30(39)17-15-27(35)2)25-37(45)43(24-29-16-20-33(40)34(41)21-29)36(22-28-9-5-3-6-10-28)38(46)42-31-11-7-4-8-12-31/h3,5-6,9-10,13-21,23,31,36H,4,7-8,11-12,22,24-25H2,1-2H3,(H,42,46). The van der Waals surface area contributed by atoms with Crippen LogP contribution in [0.25, 0.3) is 0 Å². The molecule has 1 fully saturated rings. The number of carbonyl (C=O) groups is 2. The highest BCUT2D eigenvalue weighted by atomic mass is 35.5. The van der Waals surface area contributed by atoms with Crippen molar-refractivity contribution in [3.05, 3.63) is 128 Å². The predicted molar refractivity (Wildman–Crippen MR) is 198 cm³/mol. The van der Waals surface area contributed by atoms with Crippen LogP contribution in [-0.2, 0) is 32.6 Å². The molecule has 0 bridgehead atoms. The van der Waals surface area contributed by atoms with Crippen molar-refractivity contribution in [3.8, 4) is 0 Å². The van der Waals surface area contributed by atoms with Gasteiger partial charge in [-0.15, -0.1) is 0 Å². The van der Waals surface area contributed by atoms with Gasteiger partial charge in [0.05, 0.1) is 20.6 Å². The number of amides is 2. The molecule has 1 unspecified atom stereocenters. The number of benzene rings is 4. The molecule has 4 aromatic carbocycles. The topological polar surface area (TPSA) is 86.8 Å². The Morgan fingerprint density at radius 2 is 1.51 bits per heavy atom. The quantitative estimate of drug-likeness (QED) is 0.158. The fraction of sp³-hybridized carbons (Fsp3) is 0.316. The van der Waals surface area contributed by atoms with E-state index in [-0.39, 0.29) is 35.5 Å². The van der Waals surface area contributed by atoms with E-state index in [1.807, 2.05) is 37.3 Å². The van der Waals surface area contributed by atoms with Gasteiger partial charge in [0.2, 0.25) is 11.8 Å². The Morgan fingerprint density at radius 1 is 0.816 bits per heavy atom. The zero-order valence-corrected chi connectivity index (χ0v) is 30.6. The molecule has 0 saturated heterocycles. The lowest BCUT2D eigenvalue weighted by molar-refractivity contribution is -0.140. The van der Waals surface area contributed by atoms with E-state index in [2.05, 4.69) is 5.32 Å². The number of halogens is 3. The first-order chi connectivity index (χ1) is 23.4. The maximum absolute atomic E-state index is 14.8. The van der Waals surface area contributed by atoms with Crippen molar-refractivity contribution in [3.63, 3.8) is 0 Å². The number of carbonyl (C=O) groups excluding carboxylic acids is 2. The zero-order chi connectivity index (χ0) is 35.1. The first kappa shape index (κ1) is 36.7. The van der Waals surface area contributed by atoms with Gasteiger partial charge in [0.1, 0.15) is 12.6 Å². The van der Waals surface area contributed by atoms with E-state index in [1.165, 1.54) is 23.1 Å².